The van der Waals surface area contributed by atoms with Crippen LogP contribution in [0, 0.1) is 0 Å². The molecule has 3 rings (SSSR count). The maximum atomic E-state index is 9.84. The summed E-state index contributed by atoms with van der Waals surface area (Å²) >= 11 is 9.22. The molecule has 0 saturated carbocycles. The predicted octanol–water partition coefficient (Wildman–Crippen LogP) is 3.75. The second-order valence-corrected chi connectivity index (χ2v) is 5.12. The van der Waals surface area contributed by atoms with Crippen LogP contribution >= 0.6 is 27.5 Å². The Morgan fingerprint density at radius 3 is 2.94 bits per heavy atom. The lowest BCUT2D eigenvalue weighted by atomic mass is 10.2. The largest absolute Gasteiger partial charge is 0.507 e. The number of halogens is 2. The number of aromatic amines is 1. The average Bonchev–Trinajstić information content (AvgIpc) is 2.74. The van der Waals surface area contributed by atoms with Crippen molar-refractivity contribution in [1.29, 1.82) is 0 Å². The molecule has 4 nitrogen and oxygen atoms in total. The summed E-state index contributed by atoms with van der Waals surface area (Å²) in [7, 11) is 0. The molecule has 3 aromatic rings. The first-order valence-corrected chi connectivity index (χ1v) is 6.31. The van der Waals surface area contributed by atoms with Crippen LogP contribution in [0.25, 0.3) is 22.6 Å². The first-order chi connectivity index (χ1) is 8.63. The van der Waals surface area contributed by atoms with Gasteiger partial charge in [-0.2, -0.15) is 0 Å². The Morgan fingerprint density at radius 2 is 2.11 bits per heavy atom. The van der Waals surface area contributed by atoms with Crippen molar-refractivity contribution in [1.82, 2.24) is 15.0 Å². The van der Waals surface area contributed by atoms with Gasteiger partial charge in [0, 0.05) is 10.7 Å². The molecule has 18 heavy (non-hydrogen) atoms. The number of imidazole rings is 1. The van der Waals surface area contributed by atoms with Crippen molar-refractivity contribution >= 4 is 38.7 Å². The SMILES string of the molecule is Oc1ccc(Br)cc1-c1nc2ncc(Cl)cc2[nH]1. The van der Waals surface area contributed by atoms with Crippen molar-refractivity contribution in [2.45, 2.75) is 0 Å². The molecule has 0 radical (unpaired) electrons. The Balaban J connectivity index is 2.22. The maximum Gasteiger partial charge on any atom is 0.178 e. The van der Waals surface area contributed by atoms with Crippen LogP contribution in [0.4, 0.5) is 0 Å². The van der Waals surface area contributed by atoms with E-state index in [0.29, 0.717) is 22.1 Å². The van der Waals surface area contributed by atoms with E-state index < -0.39 is 0 Å². The standard InChI is InChI=1S/C12H7BrClN3O/c13-6-1-2-10(18)8(3-6)11-16-9-4-7(14)5-15-12(9)17-11/h1-5,18H,(H,15,16,17). The maximum absolute atomic E-state index is 9.84. The molecule has 0 atom stereocenters. The van der Waals surface area contributed by atoms with Gasteiger partial charge in [-0.05, 0) is 24.3 Å². The molecule has 90 valence electrons. The average molecular weight is 325 g/mol. The number of aromatic hydroxyl groups is 1. The number of H-pyrrole nitrogens is 1. The highest BCUT2D eigenvalue weighted by Crippen LogP contribution is 2.31. The monoisotopic (exact) mass is 323 g/mol. The second kappa shape index (κ2) is 4.26. The molecular weight excluding hydrogens is 318 g/mol. The van der Waals surface area contributed by atoms with Crippen LogP contribution in [-0.2, 0) is 0 Å². The summed E-state index contributed by atoms with van der Waals surface area (Å²) in [6, 6.07) is 6.90. The molecular formula is C12H7BrClN3O. The van der Waals surface area contributed by atoms with Gasteiger partial charge in [-0.25, -0.2) is 9.97 Å². The zero-order valence-corrected chi connectivity index (χ0v) is 11.3. The van der Waals surface area contributed by atoms with Crippen LogP contribution in [0.5, 0.6) is 5.75 Å². The lowest BCUT2D eigenvalue weighted by Crippen LogP contribution is -1.81. The number of benzene rings is 1. The zero-order valence-electron chi connectivity index (χ0n) is 8.98. The van der Waals surface area contributed by atoms with Gasteiger partial charge in [-0.1, -0.05) is 27.5 Å². The van der Waals surface area contributed by atoms with E-state index in [-0.39, 0.29) is 5.75 Å². The number of phenolic OH excluding ortho intramolecular Hbond substituents is 1. The lowest BCUT2D eigenvalue weighted by molar-refractivity contribution is 0.477. The molecule has 0 aliphatic rings. The Labute approximate surface area is 116 Å². The van der Waals surface area contributed by atoms with Gasteiger partial charge in [-0.3, -0.25) is 0 Å². The van der Waals surface area contributed by atoms with E-state index in [1.165, 1.54) is 6.20 Å². The summed E-state index contributed by atoms with van der Waals surface area (Å²) < 4.78 is 0.863. The number of nitrogens with one attached hydrogen (secondary N) is 1. The number of fused-ring (bicyclic) bond motifs is 1. The highest BCUT2D eigenvalue weighted by molar-refractivity contribution is 9.10. The molecule has 0 spiro atoms. The summed E-state index contributed by atoms with van der Waals surface area (Å²) in [6.45, 7) is 0. The second-order valence-electron chi connectivity index (χ2n) is 3.77. The summed E-state index contributed by atoms with van der Waals surface area (Å²) in [5.74, 6) is 0.710. The van der Waals surface area contributed by atoms with Crippen LogP contribution in [0.1, 0.15) is 0 Å². The summed E-state index contributed by atoms with van der Waals surface area (Å²) in [4.78, 5) is 11.5. The fourth-order valence-electron chi connectivity index (χ4n) is 1.70. The van der Waals surface area contributed by atoms with Crippen LogP contribution in [0.2, 0.25) is 5.02 Å². The molecule has 2 N–H and O–H groups in total. The number of nitrogens with zero attached hydrogens (tertiary/aromatic N) is 2. The Bertz CT molecular complexity index is 741. The number of hydrogen-bond acceptors (Lipinski definition) is 3. The number of hydrogen-bond donors (Lipinski definition) is 2. The van der Waals surface area contributed by atoms with E-state index in [0.717, 1.165) is 9.99 Å². The number of aromatic nitrogens is 3. The predicted molar refractivity (Wildman–Crippen MR) is 73.7 cm³/mol. The molecule has 0 fully saturated rings. The van der Waals surface area contributed by atoms with Gasteiger partial charge in [-0.15, -0.1) is 0 Å². The van der Waals surface area contributed by atoms with Crippen molar-refractivity contribution in [2.24, 2.45) is 0 Å². The molecule has 0 bridgehead atoms. The van der Waals surface area contributed by atoms with E-state index in [9.17, 15) is 5.11 Å². The fourth-order valence-corrected chi connectivity index (χ4v) is 2.22. The number of rotatable bonds is 1. The minimum absolute atomic E-state index is 0.156. The van der Waals surface area contributed by atoms with Crippen molar-refractivity contribution in [3.8, 4) is 17.1 Å². The van der Waals surface area contributed by atoms with Gasteiger partial charge < -0.3 is 10.1 Å². The molecule has 0 amide bonds. The van der Waals surface area contributed by atoms with Gasteiger partial charge in [0.25, 0.3) is 0 Å². The van der Waals surface area contributed by atoms with Crippen LogP contribution in [-0.4, -0.2) is 20.1 Å². The molecule has 6 heteroatoms. The van der Waals surface area contributed by atoms with Gasteiger partial charge in [0.05, 0.1) is 16.1 Å². The number of phenols is 1. The Hall–Kier alpha value is -1.59. The van der Waals surface area contributed by atoms with E-state index >= 15 is 0 Å². The first kappa shape index (κ1) is 11.5. The van der Waals surface area contributed by atoms with Crippen molar-refractivity contribution in [3.63, 3.8) is 0 Å². The molecule has 1 aromatic carbocycles. The first-order valence-electron chi connectivity index (χ1n) is 5.13. The van der Waals surface area contributed by atoms with Gasteiger partial charge in [0.1, 0.15) is 11.6 Å². The topological polar surface area (TPSA) is 61.8 Å². The molecule has 0 saturated heterocycles. The quantitative estimate of drug-likeness (QED) is 0.716. The molecule has 0 aliphatic carbocycles. The normalized spacial score (nSPS) is 11.0. The molecule has 0 unspecified atom stereocenters. The minimum Gasteiger partial charge on any atom is -0.507 e. The smallest absolute Gasteiger partial charge is 0.178 e. The lowest BCUT2D eigenvalue weighted by Gasteiger charge is -2.01. The molecule has 2 heterocycles. The van der Waals surface area contributed by atoms with Gasteiger partial charge in [0.2, 0.25) is 0 Å². The van der Waals surface area contributed by atoms with Crippen molar-refractivity contribution < 1.29 is 5.11 Å². The van der Waals surface area contributed by atoms with Crippen LogP contribution in [0.3, 0.4) is 0 Å². The van der Waals surface area contributed by atoms with E-state index in [2.05, 4.69) is 30.9 Å². The van der Waals surface area contributed by atoms with E-state index in [1.807, 2.05) is 0 Å². The highest BCUT2D eigenvalue weighted by atomic mass is 79.9. The van der Waals surface area contributed by atoms with Gasteiger partial charge >= 0.3 is 0 Å². The number of pyridine rings is 1. The Morgan fingerprint density at radius 1 is 1.28 bits per heavy atom. The Kier molecular flexibility index (Phi) is 2.72. The van der Waals surface area contributed by atoms with Crippen molar-refractivity contribution in [3.05, 3.63) is 40.0 Å². The summed E-state index contributed by atoms with van der Waals surface area (Å²) in [5, 5.41) is 10.4. The third kappa shape index (κ3) is 1.95. The van der Waals surface area contributed by atoms with E-state index in [1.54, 1.807) is 24.3 Å². The molecule has 2 aromatic heterocycles. The fraction of sp³-hybridized carbons (Fsp3) is 0. The highest BCUT2D eigenvalue weighted by Gasteiger charge is 2.11. The van der Waals surface area contributed by atoms with Crippen molar-refractivity contribution in [2.75, 3.05) is 0 Å². The third-order valence-electron chi connectivity index (χ3n) is 2.52. The van der Waals surface area contributed by atoms with Crippen LogP contribution < -0.4 is 0 Å². The third-order valence-corrected chi connectivity index (χ3v) is 3.22. The minimum atomic E-state index is 0.156. The summed E-state index contributed by atoms with van der Waals surface area (Å²) in [6.07, 6.45) is 1.54. The summed E-state index contributed by atoms with van der Waals surface area (Å²) in [5.41, 5.74) is 1.91. The molecule has 0 aliphatic heterocycles. The van der Waals surface area contributed by atoms with E-state index in [4.69, 9.17) is 11.6 Å². The zero-order chi connectivity index (χ0) is 12.7. The van der Waals surface area contributed by atoms with Crippen LogP contribution in [0.15, 0.2) is 34.9 Å². The van der Waals surface area contributed by atoms with Gasteiger partial charge in [0.15, 0.2) is 5.65 Å².